The first kappa shape index (κ1) is 21.0. The van der Waals surface area contributed by atoms with Crippen LogP contribution in [0.1, 0.15) is 11.1 Å². The van der Waals surface area contributed by atoms with E-state index in [-0.39, 0.29) is 0 Å². The summed E-state index contributed by atoms with van der Waals surface area (Å²) in [6.45, 7) is 3.89. The minimum absolute atomic E-state index is 0.399. The lowest BCUT2D eigenvalue weighted by molar-refractivity contribution is 0.388. The quantitative estimate of drug-likeness (QED) is 0.635. The number of aryl methyl sites for hydroxylation is 1. The number of sulfonamides is 1. The molecule has 1 N–H and O–H groups in total. The number of aromatic nitrogens is 3. The van der Waals surface area contributed by atoms with E-state index in [2.05, 4.69) is 20.5 Å². The van der Waals surface area contributed by atoms with Crippen LogP contribution in [0.5, 0.6) is 0 Å². The number of anilines is 3. The zero-order chi connectivity index (χ0) is 21.7. The Hall–Kier alpha value is -3.30. The molecule has 1 aliphatic heterocycles. The van der Waals surface area contributed by atoms with Crippen LogP contribution in [-0.2, 0) is 10.0 Å². The molecule has 1 aliphatic rings. The third-order valence-corrected chi connectivity index (χ3v) is 6.54. The highest BCUT2D eigenvalue weighted by atomic mass is 32.2. The molecule has 9 heteroatoms. The predicted octanol–water partition coefficient (Wildman–Crippen LogP) is 3.05. The van der Waals surface area contributed by atoms with E-state index in [4.69, 9.17) is 0 Å². The van der Waals surface area contributed by atoms with Gasteiger partial charge in [0, 0.05) is 37.8 Å². The number of piperazine rings is 1. The second-order valence-electron chi connectivity index (χ2n) is 7.27. The van der Waals surface area contributed by atoms with Gasteiger partial charge in [0.05, 0.1) is 0 Å². The van der Waals surface area contributed by atoms with Gasteiger partial charge < -0.3 is 10.2 Å². The normalized spacial score (nSPS) is 15.3. The van der Waals surface area contributed by atoms with Crippen LogP contribution in [0.3, 0.4) is 0 Å². The Balaban J connectivity index is 1.34. The highest BCUT2D eigenvalue weighted by Gasteiger charge is 2.25. The van der Waals surface area contributed by atoms with Crippen molar-refractivity contribution in [1.82, 2.24) is 19.5 Å². The van der Waals surface area contributed by atoms with Crippen molar-refractivity contribution < 1.29 is 8.42 Å². The number of rotatable bonds is 6. The van der Waals surface area contributed by atoms with Crippen molar-refractivity contribution in [3.63, 3.8) is 0 Å². The smallest absolute Gasteiger partial charge is 0.236 e. The van der Waals surface area contributed by atoms with Gasteiger partial charge in [0.25, 0.3) is 0 Å². The van der Waals surface area contributed by atoms with Crippen LogP contribution in [0.2, 0.25) is 0 Å². The van der Waals surface area contributed by atoms with E-state index < -0.39 is 10.0 Å². The Morgan fingerprint density at radius 2 is 1.65 bits per heavy atom. The average Bonchev–Trinajstić information content (AvgIpc) is 2.81. The maximum Gasteiger partial charge on any atom is 0.236 e. The minimum atomic E-state index is -3.46. The van der Waals surface area contributed by atoms with Crippen molar-refractivity contribution in [1.29, 1.82) is 0 Å². The summed E-state index contributed by atoms with van der Waals surface area (Å²) in [4.78, 5) is 6.33. The molecule has 0 unspecified atom stereocenters. The number of hydrogen-bond donors (Lipinski definition) is 1. The molecule has 8 nitrogen and oxygen atoms in total. The zero-order valence-corrected chi connectivity index (χ0v) is 18.0. The summed E-state index contributed by atoms with van der Waals surface area (Å²) < 4.78 is 26.7. The molecule has 2 aromatic heterocycles. The fourth-order valence-electron chi connectivity index (χ4n) is 3.22. The molecule has 0 aliphatic carbocycles. The second-order valence-corrected chi connectivity index (χ2v) is 9.09. The van der Waals surface area contributed by atoms with Crippen LogP contribution in [0.25, 0.3) is 6.08 Å². The molecular formula is C22H24N6O2S. The van der Waals surface area contributed by atoms with Crippen molar-refractivity contribution >= 4 is 33.6 Å². The summed E-state index contributed by atoms with van der Waals surface area (Å²) in [5.41, 5.74) is 1.94. The van der Waals surface area contributed by atoms with E-state index in [0.29, 0.717) is 37.8 Å². The van der Waals surface area contributed by atoms with E-state index in [9.17, 15) is 8.42 Å². The Kier molecular flexibility index (Phi) is 6.24. The van der Waals surface area contributed by atoms with Crippen molar-refractivity contribution in [2.45, 2.75) is 6.92 Å². The molecule has 1 saturated heterocycles. The molecule has 3 heterocycles. The van der Waals surface area contributed by atoms with Gasteiger partial charge in [-0.3, -0.25) is 0 Å². The molecule has 4 rings (SSSR count). The maximum atomic E-state index is 12.6. The van der Waals surface area contributed by atoms with Gasteiger partial charge in [-0.15, -0.1) is 10.2 Å². The van der Waals surface area contributed by atoms with Crippen molar-refractivity contribution in [2.75, 3.05) is 36.4 Å². The third-order valence-electron chi connectivity index (χ3n) is 4.97. The molecule has 0 radical (unpaired) electrons. The first-order valence-corrected chi connectivity index (χ1v) is 11.5. The van der Waals surface area contributed by atoms with Crippen LogP contribution < -0.4 is 10.2 Å². The van der Waals surface area contributed by atoms with Crippen LogP contribution in [0.15, 0.2) is 66.2 Å². The second kappa shape index (κ2) is 9.23. The number of nitrogens with one attached hydrogen (secondary N) is 1. The maximum absolute atomic E-state index is 12.6. The van der Waals surface area contributed by atoms with Crippen LogP contribution in [0, 0.1) is 6.92 Å². The molecule has 3 aromatic rings. The zero-order valence-electron chi connectivity index (χ0n) is 17.2. The molecule has 0 saturated carbocycles. The van der Waals surface area contributed by atoms with Crippen LogP contribution in [0.4, 0.5) is 17.5 Å². The first-order chi connectivity index (χ1) is 15.0. The fraction of sp³-hybridized carbons (Fsp3) is 0.227. The van der Waals surface area contributed by atoms with E-state index >= 15 is 0 Å². The summed E-state index contributed by atoms with van der Waals surface area (Å²) in [5, 5.41) is 12.9. The average molecular weight is 437 g/mol. The number of pyridine rings is 1. The number of hydrogen-bond acceptors (Lipinski definition) is 7. The molecule has 0 bridgehead atoms. The van der Waals surface area contributed by atoms with Gasteiger partial charge >= 0.3 is 0 Å². The molecule has 160 valence electrons. The summed E-state index contributed by atoms with van der Waals surface area (Å²) in [5.74, 6) is 2.03. The summed E-state index contributed by atoms with van der Waals surface area (Å²) >= 11 is 0. The third kappa shape index (κ3) is 5.44. The highest BCUT2D eigenvalue weighted by Crippen LogP contribution is 2.18. The Labute approximate surface area is 182 Å². The molecular weight excluding hydrogens is 412 g/mol. The van der Waals surface area contributed by atoms with Gasteiger partial charge in [-0.2, -0.15) is 4.31 Å². The summed E-state index contributed by atoms with van der Waals surface area (Å²) in [6, 6.07) is 17.0. The predicted molar refractivity (Wildman–Crippen MR) is 122 cm³/mol. The molecule has 0 spiro atoms. The standard InChI is InChI=1S/C22H24N6O2S/c1-18-7-8-20(23-17-18)24-21-9-10-22(26-25-21)27-12-14-28(15-13-27)31(29,30)16-11-19-5-3-2-4-6-19/h2-11,16-17H,12-15H2,1H3,(H,23,24,25)/b16-11+. The van der Waals surface area contributed by atoms with Gasteiger partial charge in [-0.25, -0.2) is 13.4 Å². The minimum Gasteiger partial charge on any atom is -0.352 e. The van der Waals surface area contributed by atoms with Gasteiger partial charge in [-0.05, 0) is 42.3 Å². The largest absolute Gasteiger partial charge is 0.352 e. The number of nitrogens with zero attached hydrogens (tertiary/aromatic N) is 5. The van der Waals surface area contributed by atoms with E-state index in [1.807, 2.05) is 66.4 Å². The van der Waals surface area contributed by atoms with E-state index in [1.54, 1.807) is 12.3 Å². The van der Waals surface area contributed by atoms with Crippen LogP contribution >= 0.6 is 0 Å². The molecule has 1 fully saturated rings. The lowest BCUT2D eigenvalue weighted by Crippen LogP contribution is -2.48. The Morgan fingerprint density at radius 3 is 2.29 bits per heavy atom. The van der Waals surface area contributed by atoms with E-state index in [1.165, 1.54) is 9.71 Å². The van der Waals surface area contributed by atoms with Gasteiger partial charge in [0.15, 0.2) is 11.6 Å². The molecule has 0 amide bonds. The first-order valence-electron chi connectivity index (χ1n) is 10.0. The van der Waals surface area contributed by atoms with Crippen LogP contribution in [-0.4, -0.2) is 54.1 Å². The van der Waals surface area contributed by atoms with Gasteiger partial charge in [0.2, 0.25) is 10.0 Å². The molecule has 1 aromatic carbocycles. The lowest BCUT2D eigenvalue weighted by atomic mass is 10.2. The summed E-state index contributed by atoms with van der Waals surface area (Å²) in [7, 11) is -3.46. The Morgan fingerprint density at radius 1 is 0.903 bits per heavy atom. The van der Waals surface area contributed by atoms with Gasteiger partial charge in [0.1, 0.15) is 5.82 Å². The highest BCUT2D eigenvalue weighted by molar-refractivity contribution is 7.92. The van der Waals surface area contributed by atoms with Gasteiger partial charge in [-0.1, -0.05) is 36.4 Å². The number of benzene rings is 1. The molecule has 31 heavy (non-hydrogen) atoms. The molecule has 0 atom stereocenters. The Bertz CT molecular complexity index is 1120. The fourth-order valence-corrected chi connectivity index (χ4v) is 4.39. The van der Waals surface area contributed by atoms with E-state index in [0.717, 1.165) is 16.9 Å². The SMILES string of the molecule is Cc1ccc(Nc2ccc(N3CCN(S(=O)(=O)/C=C/c4ccccc4)CC3)nn2)nc1. The van der Waals surface area contributed by atoms with Crippen molar-refractivity contribution in [2.24, 2.45) is 0 Å². The van der Waals surface area contributed by atoms with Crippen molar-refractivity contribution in [3.05, 3.63) is 77.3 Å². The summed E-state index contributed by atoms with van der Waals surface area (Å²) in [6.07, 6.45) is 3.41. The topological polar surface area (TPSA) is 91.3 Å². The monoisotopic (exact) mass is 436 g/mol. The van der Waals surface area contributed by atoms with Crippen molar-refractivity contribution in [3.8, 4) is 0 Å². The lowest BCUT2D eigenvalue weighted by Gasteiger charge is -2.33.